The number of hydrogen-bond acceptors (Lipinski definition) is 1. The molecule has 1 heteroatoms. The van der Waals surface area contributed by atoms with Gasteiger partial charge in [0.1, 0.15) is 0 Å². The van der Waals surface area contributed by atoms with Crippen LogP contribution in [0.2, 0.25) is 0 Å². The topological polar surface area (TPSA) is 12.0 Å². The smallest absolute Gasteiger partial charge is 0.0154 e. The Morgan fingerprint density at radius 3 is 2.10 bits per heavy atom. The quantitative estimate of drug-likeness (QED) is 0.621. The van der Waals surface area contributed by atoms with Gasteiger partial charge in [0.15, 0.2) is 0 Å². The summed E-state index contributed by atoms with van der Waals surface area (Å²) in [5, 5.41) is 3.57. The van der Waals surface area contributed by atoms with Gasteiger partial charge in [0.25, 0.3) is 0 Å². The summed E-state index contributed by atoms with van der Waals surface area (Å²) in [5.41, 5.74) is 0.943. The highest BCUT2D eigenvalue weighted by molar-refractivity contribution is 4.97. The Kier molecular flexibility index (Phi) is 1.80. The Morgan fingerprint density at radius 2 is 1.80 bits per heavy atom. The van der Waals surface area contributed by atoms with Crippen molar-refractivity contribution in [2.75, 3.05) is 6.54 Å². The summed E-state index contributed by atoms with van der Waals surface area (Å²) in [7, 11) is 0. The molecule has 0 atom stereocenters. The fourth-order valence-electron chi connectivity index (χ4n) is 0.843. The molecule has 0 aliphatic heterocycles. The van der Waals surface area contributed by atoms with Crippen molar-refractivity contribution in [1.82, 2.24) is 5.32 Å². The van der Waals surface area contributed by atoms with Crippen molar-refractivity contribution >= 4 is 0 Å². The van der Waals surface area contributed by atoms with E-state index in [9.17, 15) is 0 Å². The molecule has 0 aromatic carbocycles. The van der Waals surface area contributed by atoms with Crippen molar-refractivity contribution in [1.29, 1.82) is 0 Å². The van der Waals surface area contributed by atoms with Gasteiger partial charge in [0.05, 0.1) is 0 Å². The number of hydrogen-bond donors (Lipinski definition) is 1. The van der Waals surface area contributed by atoms with E-state index in [2.05, 4.69) is 33.0 Å². The normalized spacial score (nSPS) is 22.8. The third-order valence-electron chi connectivity index (χ3n) is 2.05. The molecule has 1 nitrogen and oxygen atoms in total. The molecule has 0 unspecified atom stereocenters. The van der Waals surface area contributed by atoms with Crippen LogP contribution in [-0.4, -0.2) is 12.1 Å². The second-order valence-electron chi connectivity index (χ2n) is 4.97. The van der Waals surface area contributed by atoms with Gasteiger partial charge < -0.3 is 5.32 Å². The van der Waals surface area contributed by atoms with Crippen molar-refractivity contribution < 1.29 is 0 Å². The molecule has 10 heavy (non-hydrogen) atoms. The molecule has 1 saturated carbocycles. The molecule has 0 bridgehead atoms. The van der Waals surface area contributed by atoms with E-state index < -0.39 is 0 Å². The van der Waals surface area contributed by atoms with Gasteiger partial charge in [0, 0.05) is 12.1 Å². The fraction of sp³-hybridized carbons (Fsp3) is 1.00. The number of rotatable bonds is 2. The van der Waals surface area contributed by atoms with Crippen molar-refractivity contribution in [3.63, 3.8) is 0 Å². The molecule has 1 fully saturated rings. The second kappa shape index (κ2) is 2.23. The summed E-state index contributed by atoms with van der Waals surface area (Å²) >= 11 is 0. The van der Waals surface area contributed by atoms with Crippen LogP contribution in [0.25, 0.3) is 0 Å². The first-order valence-corrected chi connectivity index (χ1v) is 4.16. The van der Waals surface area contributed by atoms with Crippen molar-refractivity contribution in [2.45, 2.75) is 46.1 Å². The average molecular weight is 141 g/mol. The van der Waals surface area contributed by atoms with Gasteiger partial charge in [-0.2, -0.15) is 0 Å². The maximum Gasteiger partial charge on any atom is 0.0154 e. The molecular weight excluding hydrogens is 122 g/mol. The van der Waals surface area contributed by atoms with E-state index in [0.717, 1.165) is 6.54 Å². The summed E-state index contributed by atoms with van der Waals surface area (Å²) in [6.45, 7) is 10.3. The van der Waals surface area contributed by atoms with E-state index in [0.29, 0.717) is 11.0 Å². The van der Waals surface area contributed by atoms with Crippen LogP contribution >= 0.6 is 0 Å². The predicted molar refractivity (Wildman–Crippen MR) is 45.1 cm³/mol. The van der Waals surface area contributed by atoms with Gasteiger partial charge >= 0.3 is 0 Å². The zero-order valence-corrected chi connectivity index (χ0v) is 7.62. The van der Waals surface area contributed by atoms with Crippen LogP contribution in [0.15, 0.2) is 0 Å². The predicted octanol–water partition coefficient (Wildman–Crippen LogP) is 2.17. The Bertz CT molecular complexity index is 112. The van der Waals surface area contributed by atoms with E-state index in [-0.39, 0.29) is 0 Å². The SMILES string of the molecule is CC(C)(C)CNC1(C)CC1. The Labute approximate surface area is 64.2 Å². The molecule has 0 spiro atoms. The van der Waals surface area contributed by atoms with Crippen molar-refractivity contribution in [3.05, 3.63) is 0 Å². The highest BCUT2D eigenvalue weighted by Crippen LogP contribution is 2.34. The van der Waals surface area contributed by atoms with Gasteiger partial charge in [-0.05, 0) is 25.2 Å². The molecule has 0 aromatic heterocycles. The summed E-state index contributed by atoms with van der Waals surface area (Å²) in [5.74, 6) is 0. The van der Waals surface area contributed by atoms with E-state index >= 15 is 0 Å². The monoisotopic (exact) mass is 141 g/mol. The van der Waals surface area contributed by atoms with Crippen LogP contribution in [0, 0.1) is 5.41 Å². The van der Waals surface area contributed by atoms with Crippen LogP contribution in [0.3, 0.4) is 0 Å². The molecular formula is C9H19N. The van der Waals surface area contributed by atoms with Gasteiger partial charge in [-0.15, -0.1) is 0 Å². The summed E-state index contributed by atoms with van der Waals surface area (Å²) in [6, 6.07) is 0. The van der Waals surface area contributed by atoms with Gasteiger partial charge in [0.2, 0.25) is 0 Å². The van der Waals surface area contributed by atoms with Gasteiger partial charge in [-0.3, -0.25) is 0 Å². The molecule has 0 aromatic rings. The first kappa shape index (κ1) is 8.06. The maximum absolute atomic E-state index is 3.57. The van der Waals surface area contributed by atoms with Crippen molar-refractivity contribution in [3.8, 4) is 0 Å². The van der Waals surface area contributed by atoms with Crippen molar-refractivity contribution in [2.24, 2.45) is 5.41 Å². The average Bonchev–Trinajstić information content (AvgIpc) is 2.43. The maximum atomic E-state index is 3.57. The lowest BCUT2D eigenvalue weighted by atomic mass is 9.96. The summed E-state index contributed by atoms with van der Waals surface area (Å²) < 4.78 is 0. The van der Waals surface area contributed by atoms with Crippen LogP contribution in [0.1, 0.15) is 40.5 Å². The highest BCUT2D eigenvalue weighted by Gasteiger charge is 2.37. The van der Waals surface area contributed by atoms with E-state index in [1.807, 2.05) is 0 Å². The summed E-state index contributed by atoms with van der Waals surface area (Å²) in [6.07, 6.45) is 2.73. The zero-order chi connectivity index (χ0) is 7.83. The lowest BCUT2D eigenvalue weighted by Crippen LogP contribution is -2.35. The minimum Gasteiger partial charge on any atom is -0.311 e. The lowest BCUT2D eigenvalue weighted by Gasteiger charge is -2.22. The molecule has 1 N–H and O–H groups in total. The van der Waals surface area contributed by atoms with E-state index in [4.69, 9.17) is 0 Å². The largest absolute Gasteiger partial charge is 0.311 e. The molecule has 1 rings (SSSR count). The fourth-order valence-corrected chi connectivity index (χ4v) is 0.843. The van der Waals surface area contributed by atoms with Crippen LogP contribution < -0.4 is 5.32 Å². The first-order valence-electron chi connectivity index (χ1n) is 4.16. The van der Waals surface area contributed by atoms with Crippen LogP contribution in [-0.2, 0) is 0 Å². The van der Waals surface area contributed by atoms with E-state index in [1.165, 1.54) is 12.8 Å². The highest BCUT2D eigenvalue weighted by atomic mass is 15.0. The molecule has 1 aliphatic carbocycles. The van der Waals surface area contributed by atoms with Crippen LogP contribution in [0.4, 0.5) is 0 Å². The van der Waals surface area contributed by atoms with E-state index in [1.54, 1.807) is 0 Å². The van der Waals surface area contributed by atoms with Gasteiger partial charge in [-0.25, -0.2) is 0 Å². The Hall–Kier alpha value is -0.0400. The third kappa shape index (κ3) is 2.70. The standard InChI is InChI=1S/C9H19N/c1-8(2,3)7-10-9(4)5-6-9/h10H,5-7H2,1-4H3. The van der Waals surface area contributed by atoms with Crippen LogP contribution in [0.5, 0.6) is 0 Å². The minimum absolute atomic E-state index is 0.436. The molecule has 0 radical (unpaired) electrons. The summed E-state index contributed by atoms with van der Waals surface area (Å²) in [4.78, 5) is 0. The number of nitrogens with one attached hydrogen (secondary N) is 1. The first-order chi connectivity index (χ1) is 4.41. The third-order valence-corrected chi connectivity index (χ3v) is 2.05. The molecule has 0 heterocycles. The zero-order valence-electron chi connectivity index (χ0n) is 7.62. The molecule has 0 amide bonds. The minimum atomic E-state index is 0.436. The van der Waals surface area contributed by atoms with Gasteiger partial charge in [-0.1, -0.05) is 20.8 Å². The molecule has 60 valence electrons. The lowest BCUT2D eigenvalue weighted by molar-refractivity contribution is 0.350. The second-order valence-corrected chi connectivity index (χ2v) is 4.97. The Balaban J connectivity index is 2.17. The Morgan fingerprint density at radius 1 is 1.30 bits per heavy atom. The molecule has 0 saturated heterocycles. The molecule has 1 aliphatic rings.